The summed E-state index contributed by atoms with van der Waals surface area (Å²) in [6.07, 6.45) is 4.23. The molecule has 0 aliphatic heterocycles. The Morgan fingerprint density at radius 2 is 1.24 bits per heavy atom. The first-order chi connectivity index (χ1) is 10.1. The number of unbranched alkanes of at least 4 members (excludes halogenated alkanes) is 1. The molecule has 0 N–H and O–H groups in total. The van der Waals surface area contributed by atoms with Crippen molar-refractivity contribution in [3.8, 4) is 0 Å². The van der Waals surface area contributed by atoms with E-state index in [2.05, 4.69) is 11.8 Å². The maximum Gasteiger partial charge on any atom is 0.155 e. The predicted octanol–water partition coefficient (Wildman–Crippen LogP) is 2.08. The minimum absolute atomic E-state index is 0.0699. The third-order valence-electron chi connectivity index (χ3n) is 2.96. The first-order valence-corrected chi connectivity index (χ1v) is 7.93. The van der Waals surface area contributed by atoms with Gasteiger partial charge in [0.15, 0.2) is 11.6 Å². The van der Waals surface area contributed by atoms with Gasteiger partial charge in [0.05, 0.1) is 0 Å². The number of Topliss-reactive ketones (excluding diaryl/α,β-unsaturated/α-hetero) is 2. The van der Waals surface area contributed by atoms with Crippen molar-refractivity contribution in [1.82, 2.24) is 4.90 Å². The van der Waals surface area contributed by atoms with Gasteiger partial charge in [0.2, 0.25) is 0 Å². The lowest BCUT2D eigenvalue weighted by Crippen LogP contribution is -2.29. The molecule has 0 spiro atoms. The fourth-order valence-electron chi connectivity index (χ4n) is 1.93. The predicted molar refractivity (Wildman–Crippen MR) is 83.6 cm³/mol. The van der Waals surface area contributed by atoms with Gasteiger partial charge in [-0.2, -0.15) is 0 Å². The molecule has 0 atom stereocenters. The molecule has 5 nitrogen and oxygen atoms in total. The van der Waals surface area contributed by atoms with Gasteiger partial charge in [0.25, 0.3) is 0 Å². The van der Waals surface area contributed by atoms with E-state index in [0.717, 1.165) is 32.5 Å². The molecule has 0 aromatic heterocycles. The van der Waals surface area contributed by atoms with Gasteiger partial charge in [-0.3, -0.25) is 9.59 Å². The first kappa shape index (κ1) is 20.2. The number of hydrogen-bond acceptors (Lipinski definition) is 5. The van der Waals surface area contributed by atoms with Crippen molar-refractivity contribution >= 4 is 11.6 Å². The summed E-state index contributed by atoms with van der Waals surface area (Å²) in [6.45, 7) is 9.98. The molecule has 0 radical (unpaired) electrons. The summed E-state index contributed by atoms with van der Waals surface area (Å²) in [7, 11) is 0. The fourth-order valence-corrected chi connectivity index (χ4v) is 1.93. The molecule has 0 saturated carbocycles. The van der Waals surface area contributed by atoms with Crippen molar-refractivity contribution < 1.29 is 19.1 Å². The molecule has 5 heteroatoms. The number of rotatable bonds is 15. The van der Waals surface area contributed by atoms with Crippen LogP contribution in [-0.4, -0.2) is 62.5 Å². The third kappa shape index (κ3) is 15.4. The van der Waals surface area contributed by atoms with Gasteiger partial charge in [-0.05, 0) is 39.7 Å². The van der Waals surface area contributed by atoms with Crippen LogP contribution in [0.1, 0.15) is 46.5 Å². The second-order valence-corrected chi connectivity index (χ2v) is 5.41. The van der Waals surface area contributed by atoms with Gasteiger partial charge in [0.1, 0.15) is 13.2 Å². The molecular weight excluding hydrogens is 270 g/mol. The molecule has 0 aliphatic rings. The van der Waals surface area contributed by atoms with Crippen molar-refractivity contribution in [2.24, 2.45) is 0 Å². The SMILES string of the molecule is CCCCN(CCCOCC(C)=O)CCCOCC(C)=O. The van der Waals surface area contributed by atoms with Crippen molar-refractivity contribution in [2.45, 2.75) is 46.5 Å². The highest BCUT2D eigenvalue weighted by atomic mass is 16.5. The molecule has 0 heterocycles. The van der Waals surface area contributed by atoms with Crippen molar-refractivity contribution in [1.29, 1.82) is 0 Å². The Hall–Kier alpha value is -0.780. The zero-order valence-electron chi connectivity index (χ0n) is 13.9. The number of ketones is 2. The molecule has 0 aliphatic carbocycles. The van der Waals surface area contributed by atoms with Crippen molar-refractivity contribution in [3.63, 3.8) is 0 Å². The molecule has 21 heavy (non-hydrogen) atoms. The Morgan fingerprint density at radius 1 is 0.810 bits per heavy atom. The number of ether oxygens (including phenoxy) is 2. The monoisotopic (exact) mass is 301 g/mol. The van der Waals surface area contributed by atoms with E-state index in [1.807, 2.05) is 0 Å². The van der Waals surface area contributed by atoms with E-state index in [-0.39, 0.29) is 24.8 Å². The zero-order valence-corrected chi connectivity index (χ0v) is 13.9. The van der Waals surface area contributed by atoms with Crippen molar-refractivity contribution in [3.05, 3.63) is 0 Å². The van der Waals surface area contributed by atoms with Gasteiger partial charge in [-0.1, -0.05) is 13.3 Å². The Labute approximate surface area is 129 Å². The number of carbonyl (C=O) groups is 2. The van der Waals surface area contributed by atoms with Gasteiger partial charge >= 0.3 is 0 Å². The first-order valence-electron chi connectivity index (χ1n) is 7.93. The van der Waals surface area contributed by atoms with Crippen LogP contribution in [-0.2, 0) is 19.1 Å². The Morgan fingerprint density at radius 3 is 1.62 bits per heavy atom. The highest BCUT2D eigenvalue weighted by Crippen LogP contribution is 2.00. The largest absolute Gasteiger partial charge is 0.374 e. The van der Waals surface area contributed by atoms with Gasteiger partial charge < -0.3 is 14.4 Å². The maximum atomic E-state index is 10.8. The second-order valence-electron chi connectivity index (χ2n) is 5.41. The van der Waals surface area contributed by atoms with Gasteiger partial charge in [-0.15, -0.1) is 0 Å². The summed E-state index contributed by atoms with van der Waals surface area (Å²) >= 11 is 0. The minimum Gasteiger partial charge on any atom is -0.374 e. The lowest BCUT2D eigenvalue weighted by atomic mass is 10.2. The van der Waals surface area contributed by atoms with Crippen LogP contribution < -0.4 is 0 Å². The lowest BCUT2D eigenvalue weighted by Gasteiger charge is -2.22. The number of nitrogens with zero attached hydrogens (tertiary/aromatic N) is 1. The number of carbonyl (C=O) groups excluding carboxylic acids is 2. The zero-order chi connectivity index (χ0) is 15.9. The summed E-state index contributed by atoms with van der Waals surface area (Å²) < 4.78 is 10.6. The highest BCUT2D eigenvalue weighted by molar-refractivity contribution is 5.76. The van der Waals surface area contributed by atoms with E-state index >= 15 is 0 Å². The van der Waals surface area contributed by atoms with Crippen LogP contribution in [0.25, 0.3) is 0 Å². The molecule has 0 amide bonds. The lowest BCUT2D eigenvalue weighted by molar-refractivity contribution is -0.122. The number of hydrogen-bond donors (Lipinski definition) is 0. The van der Waals surface area contributed by atoms with E-state index in [4.69, 9.17) is 9.47 Å². The molecule has 0 aromatic rings. The molecule has 0 saturated heterocycles. The molecule has 0 bridgehead atoms. The normalized spacial score (nSPS) is 11.0. The topological polar surface area (TPSA) is 55.8 Å². The maximum absolute atomic E-state index is 10.8. The van der Waals surface area contributed by atoms with Crippen LogP contribution >= 0.6 is 0 Å². The molecule has 0 fully saturated rings. The van der Waals surface area contributed by atoms with E-state index in [1.165, 1.54) is 26.7 Å². The quantitative estimate of drug-likeness (QED) is 0.433. The van der Waals surface area contributed by atoms with E-state index < -0.39 is 0 Å². The molecule has 0 rings (SSSR count). The molecular formula is C16H31NO4. The van der Waals surface area contributed by atoms with Crippen LogP contribution in [0, 0.1) is 0 Å². The Bertz CT molecular complexity index is 257. The van der Waals surface area contributed by atoms with Gasteiger partial charge in [0, 0.05) is 26.3 Å². The van der Waals surface area contributed by atoms with Crippen LogP contribution in [0.3, 0.4) is 0 Å². The summed E-state index contributed by atoms with van der Waals surface area (Å²) in [6, 6.07) is 0. The molecule has 124 valence electrons. The van der Waals surface area contributed by atoms with Crippen LogP contribution in [0.4, 0.5) is 0 Å². The van der Waals surface area contributed by atoms with Crippen LogP contribution in [0.5, 0.6) is 0 Å². The van der Waals surface area contributed by atoms with E-state index in [1.54, 1.807) is 0 Å². The highest BCUT2D eigenvalue weighted by Gasteiger charge is 2.05. The average molecular weight is 301 g/mol. The Balaban J connectivity index is 3.70. The van der Waals surface area contributed by atoms with E-state index in [9.17, 15) is 9.59 Å². The average Bonchev–Trinajstić information content (AvgIpc) is 2.42. The summed E-state index contributed by atoms with van der Waals surface area (Å²) in [5.41, 5.74) is 0. The summed E-state index contributed by atoms with van der Waals surface area (Å²) in [5, 5.41) is 0. The minimum atomic E-state index is 0.0699. The summed E-state index contributed by atoms with van der Waals surface area (Å²) in [5.74, 6) is 0.140. The third-order valence-corrected chi connectivity index (χ3v) is 2.96. The summed E-state index contributed by atoms with van der Waals surface area (Å²) in [4.78, 5) is 23.9. The van der Waals surface area contributed by atoms with Crippen molar-refractivity contribution in [2.75, 3.05) is 46.1 Å². The fraction of sp³-hybridized carbons (Fsp3) is 0.875. The molecule has 0 unspecified atom stereocenters. The van der Waals surface area contributed by atoms with Gasteiger partial charge in [-0.25, -0.2) is 0 Å². The van der Waals surface area contributed by atoms with E-state index in [0.29, 0.717) is 13.2 Å². The van der Waals surface area contributed by atoms with Crippen LogP contribution in [0.15, 0.2) is 0 Å². The second kappa shape index (κ2) is 14.2. The molecule has 0 aromatic carbocycles. The Kier molecular flexibility index (Phi) is 13.6. The van der Waals surface area contributed by atoms with Crippen LogP contribution in [0.2, 0.25) is 0 Å². The smallest absolute Gasteiger partial charge is 0.155 e. The standard InChI is InChI=1S/C16H31NO4/c1-4-5-8-17(9-6-11-20-13-15(2)18)10-7-12-21-14-16(3)19/h4-14H2,1-3H3.